The van der Waals surface area contributed by atoms with E-state index in [0.29, 0.717) is 16.9 Å². The number of ether oxygens (including phenoxy) is 1. The van der Waals surface area contributed by atoms with Gasteiger partial charge in [0.2, 0.25) is 0 Å². The van der Waals surface area contributed by atoms with Gasteiger partial charge < -0.3 is 4.74 Å². The fourth-order valence-electron chi connectivity index (χ4n) is 1.84. The Morgan fingerprint density at radius 3 is 2.30 bits per heavy atom. The van der Waals surface area contributed by atoms with Crippen LogP contribution >= 0.6 is 0 Å². The first-order valence-corrected chi connectivity index (χ1v) is 6.92. The summed E-state index contributed by atoms with van der Waals surface area (Å²) >= 11 is 0. The number of hydrazine groups is 1. The van der Waals surface area contributed by atoms with Gasteiger partial charge in [0.25, 0.3) is 5.91 Å². The highest BCUT2D eigenvalue weighted by molar-refractivity contribution is 5.94. The van der Waals surface area contributed by atoms with Crippen LogP contribution in [0.3, 0.4) is 0 Å². The number of rotatable bonds is 5. The summed E-state index contributed by atoms with van der Waals surface area (Å²) in [6.07, 6.45) is 0.162. The highest BCUT2D eigenvalue weighted by Gasteiger charge is 2.13. The minimum atomic E-state index is -0.473. The predicted molar refractivity (Wildman–Crippen MR) is 83.3 cm³/mol. The number of benzene rings is 2. The fourth-order valence-corrected chi connectivity index (χ4v) is 1.84. The van der Waals surface area contributed by atoms with Gasteiger partial charge in [-0.1, -0.05) is 18.2 Å². The van der Waals surface area contributed by atoms with Crippen molar-refractivity contribution in [2.75, 3.05) is 6.54 Å². The molecule has 23 heavy (non-hydrogen) atoms. The van der Waals surface area contributed by atoms with Crippen LogP contribution in [0.5, 0.6) is 5.75 Å². The van der Waals surface area contributed by atoms with Gasteiger partial charge in [0.1, 0.15) is 5.75 Å². The van der Waals surface area contributed by atoms with E-state index in [4.69, 9.17) is 15.8 Å². The molecule has 0 saturated heterocycles. The Hall–Kier alpha value is -3.17. The summed E-state index contributed by atoms with van der Waals surface area (Å²) in [7, 11) is 0. The third kappa shape index (κ3) is 4.40. The highest BCUT2D eigenvalue weighted by Crippen LogP contribution is 2.15. The lowest BCUT2D eigenvalue weighted by atomic mass is 10.2. The molecule has 0 aliphatic carbocycles. The molecule has 0 fully saturated rings. The van der Waals surface area contributed by atoms with Crippen LogP contribution in [0.4, 0.5) is 0 Å². The molecule has 2 N–H and O–H groups in total. The molecule has 2 aromatic rings. The zero-order valence-corrected chi connectivity index (χ0v) is 12.3. The summed E-state index contributed by atoms with van der Waals surface area (Å²) in [6, 6.07) is 16.6. The third-order valence-electron chi connectivity index (χ3n) is 3.05. The van der Waals surface area contributed by atoms with E-state index >= 15 is 0 Å². The van der Waals surface area contributed by atoms with Crippen LogP contribution in [-0.2, 0) is 0 Å². The fraction of sp³-hybridized carbons (Fsp3) is 0.118. The number of carbonyl (C=O) groups is 2. The number of esters is 1. The highest BCUT2D eigenvalue weighted by atomic mass is 16.5. The van der Waals surface area contributed by atoms with Crippen molar-refractivity contribution >= 4 is 11.9 Å². The van der Waals surface area contributed by atoms with E-state index in [2.05, 4.69) is 0 Å². The summed E-state index contributed by atoms with van der Waals surface area (Å²) in [5.74, 6) is 5.03. The summed E-state index contributed by atoms with van der Waals surface area (Å²) in [4.78, 5) is 23.9. The molecule has 6 nitrogen and oxygen atoms in total. The molecule has 0 atom stereocenters. The van der Waals surface area contributed by atoms with Crippen molar-refractivity contribution in [3.8, 4) is 11.8 Å². The van der Waals surface area contributed by atoms with E-state index in [1.165, 1.54) is 24.3 Å². The number of hydrogen-bond donors (Lipinski definition) is 1. The Kier molecular flexibility index (Phi) is 5.45. The van der Waals surface area contributed by atoms with Gasteiger partial charge in [-0.2, -0.15) is 5.26 Å². The maximum Gasteiger partial charge on any atom is 0.343 e. The SMILES string of the molecule is N#CCCN(N)C(=O)c1ccc(OC(=O)c2ccccc2)cc1. The van der Waals surface area contributed by atoms with Gasteiger partial charge in [0.05, 0.1) is 24.6 Å². The van der Waals surface area contributed by atoms with Crippen LogP contribution in [0.15, 0.2) is 54.6 Å². The standard InChI is InChI=1S/C17H15N3O3/c18-11-4-12-20(19)16(21)13-7-9-15(10-8-13)23-17(22)14-5-2-1-3-6-14/h1-3,5-10H,4,12,19H2. The Balaban J connectivity index is 2.01. The maximum atomic E-state index is 12.0. The average molecular weight is 309 g/mol. The summed E-state index contributed by atoms with van der Waals surface area (Å²) < 4.78 is 5.22. The number of amides is 1. The molecule has 0 heterocycles. The van der Waals surface area contributed by atoms with Crippen molar-refractivity contribution in [3.63, 3.8) is 0 Å². The number of hydrogen-bond acceptors (Lipinski definition) is 5. The lowest BCUT2D eigenvalue weighted by Crippen LogP contribution is -2.38. The van der Waals surface area contributed by atoms with E-state index in [-0.39, 0.29) is 13.0 Å². The van der Waals surface area contributed by atoms with Crippen LogP contribution in [0.25, 0.3) is 0 Å². The minimum absolute atomic E-state index is 0.153. The average Bonchev–Trinajstić information content (AvgIpc) is 2.60. The smallest absolute Gasteiger partial charge is 0.343 e. The van der Waals surface area contributed by atoms with Gasteiger partial charge in [0, 0.05) is 5.56 Å². The molecule has 0 radical (unpaired) electrons. The zero-order valence-electron chi connectivity index (χ0n) is 12.3. The largest absolute Gasteiger partial charge is 0.423 e. The van der Waals surface area contributed by atoms with Crippen LogP contribution in [0.2, 0.25) is 0 Å². The molecule has 1 amide bonds. The maximum absolute atomic E-state index is 12.0. The van der Waals surface area contributed by atoms with Gasteiger partial charge in [-0.15, -0.1) is 0 Å². The number of nitriles is 1. The Bertz CT molecular complexity index is 721. The van der Waals surface area contributed by atoms with E-state index in [1.807, 2.05) is 12.1 Å². The van der Waals surface area contributed by atoms with Gasteiger partial charge >= 0.3 is 5.97 Å². The van der Waals surface area contributed by atoms with E-state index in [0.717, 1.165) is 5.01 Å². The monoisotopic (exact) mass is 309 g/mol. The van der Waals surface area contributed by atoms with Crippen LogP contribution in [0, 0.1) is 11.3 Å². The van der Waals surface area contributed by atoms with Crippen LogP contribution in [-0.4, -0.2) is 23.4 Å². The lowest BCUT2D eigenvalue weighted by Gasteiger charge is -2.15. The molecule has 0 bridgehead atoms. The first-order chi connectivity index (χ1) is 11.1. The molecule has 0 aliphatic heterocycles. The van der Waals surface area contributed by atoms with Gasteiger partial charge in [-0.25, -0.2) is 10.6 Å². The molecule has 2 rings (SSSR count). The summed E-state index contributed by atoms with van der Waals surface area (Å²) in [6.45, 7) is 0.153. The van der Waals surface area contributed by atoms with Crippen molar-refractivity contribution in [1.29, 1.82) is 5.26 Å². The first kappa shape index (κ1) is 16.2. The van der Waals surface area contributed by atoms with Crippen molar-refractivity contribution in [2.24, 2.45) is 5.84 Å². The number of nitrogens with zero attached hydrogens (tertiary/aromatic N) is 2. The Labute approximate surface area is 133 Å². The topological polar surface area (TPSA) is 96.4 Å². The summed E-state index contributed by atoms with van der Waals surface area (Å²) in [5, 5.41) is 9.47. The third-order valence-corrected chi connectivity index (χ3v) is 3.05. The van der Waals surface area contributed by atoms with Crippen LogP contribution in [0.1, 0.15) is 27.1 Å². The second-order valence-corrected chi connectivity index (χ2v) is 4.69. The van der Waals surface area contributed by atoms with Crippen molar-refractivity contribution < 1.29 is 14.3 Å². The molecular formula is C17H15N3O3. The quantitative estimate of drug-likeness (QED) is 0.300. The molecule has 0 saturated carbocycles. The van der Waals surface area contributed by atoms with Crippen molar-refractivity contribution in [1.82, 2.24) is 5.01 Å². The predicted octanol–water partition coefficient (Wildman–Crippen LogP) is 2.14. The molecule has 2 aromatic carbocycles. The normalized spacial score (nSPS) is 9.74. The van der Waals surface area contributed by atoms with Gasteiger partial charge in [-0.05, 0) is 36.4 Å². The second kappa shape index (κ2) is 7.73. The Morgan fingerprint density at radius 2 is 1.70 bits per heavy atom. The molecule has 0 aromatic heterocycles. The minimum Gasteiger partial charge on any atom is -0.423 e. The molecule has 0 aliphatic rings. The number of nitrogens with two attached hydrogens (primary N) is 1. The van der Waals surface area contributed by atoms with E-state index in [1.54, 1.807) is 24.3 Å². The molecule has 0 unspecified atom stereocenters. The molecule has 116 valence electrons. The van der Waals surface area contributed by atoms with Gasteiger partial charge in [-0.3, -0.25) is 9.80 Å². The second-order valence-electron chi connectivity index (χ2n) is 4.69. The van der Waals surface area contributed by atoms with Crippen molar-refractivity contribution in [2.45, 2.75) is 6.42 Å². The van der Waals surface area contributed by atoms with Gasteiger partial charge in [0.15, 0.2) is 0 Å². The molecule has 6 heteroatoms. The van der Waals surface area contributed by atoms with E-state index < -0.39 is 11.9 Å². The molecular weight excluding hydrogens is 294 g/mol. The summed E-state index contributed by atoms with van der Waals surface area (Å²) in [5.41, 5.74) is 0.794. The number of carbonyl (C=O) groups excluding carboxylic acids is 2. The van der Waals surface area contributed by atoms with Crippen molar-refractivity contribution in [3.05, 3.63) is 65.7 Å². The lowest BCUT2D eigenvalue weighted by molar-refractivity contribution is 0.0734. The van der Waals surface area contributed by atoms with Crippen LogP contribution < -0.4 is 10.6 Å². The zero-order chi connectivity index (χ0) is 16.7. The van der Waals surface area contributed by atoms with E-state index in [9.17, 15) is 9.59 Å². The Morgan fingerprint density at radius 1 is 1.04 bits per heavy atom. The molecule has 0 spiro atoms. The first-order valence-electron chi connectivity index (χ1n) is 6.92.